The zero-order chi connectivity index (χ0) is 22.1. The molecule has 2 aromatic carbocycles. The Bertz CT molecular complexity index is 1210. The van der Waals surface area contributed by atoms with Gasteiger partial charge in [-0.2, -0.15) is 4.98 Å². The Hall–Kier alpha value is -3.74. The van der Waals surface area contributed by atoms with Crippen molar-refractivity contribution >= 4 is 11.9 Å². The average molecular weight is 428 g/mol. The maximum absolute atomic E-state index is 12.5. The number of fused-ring (bicyclic) bond motifs is 1. The molecule has 1 spiro atoms. The van der Waals surface area contributed by atoms with E-state index in [-0.39, 0.29) is 11.4 Å². The summed E-state index contributed by atoms with van der Waals surface area (Å²) in [6.07, 6.45) is 4.31. The quantitative estimate of drug-likeness (QED) is 0.690. The van der Waals surface area contributed by atoms with Gasteiger partial charge in [0.1, 0.15) is 12.1 Å². The van der Waals surface area contributed by atoms with Gasteiger partial charge in [-0.05, 0) is 48.6 Å². The van der Waals surface area contributed by atoms with Crippen molar-refractivity contribution in [2.24, 2.45) is 4.99 Å². The minimum absolute atomic E-state index is 0.218. The van der Waals surface area contributed by atoms with Crippen molar-refractivity contribution in [2.45, 2.75) is 31.7 Å². The topological polar surface area (TPSA) is 85.7 Å². The number of amides is 1. The molecular weight excluding hydrogens is 404 g/mol. The van der Waals surface area contributed by atoms with E-state index in [0.717, 1.165) is 36.1 Å². The molecule has 1 aliphatic heterocycles. The summed E-state index contributed by atoms with van der Waals surface area (Å²) < 4.78 is 11.0. The second kappa shape index (κ2) is 8.07. The Balaban J connectivity index is 1.43. The predicted octanol–water partition coefficient (Wildman–Crippen LogP) is 3.50. The van der Waals surface area contributed by atoms with Crippen molar-refractivity contribution in [1.82, 2.24) is 15.3 Å². The molecule has 1 N–H and O–H groups in total. The first-order valence-corrected chi connectivity index (χ1v) is 10.6. The maximum atomic E-state index is 12.5. The van der Waals surface area contributed by atoms with Gasteiger partial charge < -0.3 is 9.47 Å². The number of amidine groups is 1. The third-order valence-corrected chi connectivity index (χ3v) is 6.14. The van der Waals surface area contributed by atoms with Crippen LogP contribution in [0.15, 0.2) is 59.7 Å². The third kappa shape index (κ3) is 3.70. The highest BCUT2D eigenvalue weighted by molar-refractivity contribution is 6.04. The number of nitrogens with one attached hydrogen (secondary N) is 1. The largest absolute Gasteiger partial charge is 0.467 e. The minimum Gasteiger partial charge on any atom is -0.467 e. The molecule has 0 saturated heterocycles. The Morgan fingerprint density at radius 3 is 2.75 bits per heavy atom. The van der Waals surface area contributed by atoms with E-state index in [1.807, 2.05) is 31.3 Å². The van der Waals surface area contributed by atoms with Gasteiger partial charge in [-0.25, -0.2) is 9.98 Å². The van der Waals surface area contributed by atoms with E-state index >= 15 is 0 Å². The van der Waals surface area contributed by atoms with Crippen LogP contribution in [0.1, 0.15) is 33.6 Å². The Kier molecular flexibility index (Phi) is 5.09. The first-order valence-electron chi connectivity index (χ1n) is 10.6. The molecule has 0 saturated carbocycles. The van der Waals surface area contributed by atoms with Crippen LogP contribution in [0.5, 0.6) is 6.01 Å². The van der Waals surface area contributed by atoms with Crippen molar-refractivity contribution in [2.75, 3.05) is 13.7 Å². The van der Waals surface area contributed by atoms with Gasteiger partial charge in [0.2, 0.25) is 0 Å². The fourth-order valence-corrected chi connectivity index (χ4v) is 4.45. The van der Waals surface area contributed by atoms with Crippen molar-refractivity contribution < 1.29 is 14.3 Å². The highest BCUT2D eigenvalue weighted by Gasteiger charge is 2.41. The summed E-state index contributed by atoms with van der Waals surface area (Å²) in [7, 11) is 1.56. The number of methoxy groups -OCH3 is 1. The summed E-state index contributed by atoms with van der Waals surface area (Å²) in [6.45, 7) is 2.41. The SMILES string of the molecule is COc1ncc(-c2cccc3c2CC2(CC3)COC(NC(=O)c3ccccc3)=N2)c(C)n1. The molecular formula is C25H24N4O3. The average Bonchev–Trinajstić information content (AvgIpc) is 3.20. The van der Waals surface area contributed by atoms with Crippen LogP contribution in [0.2, 0.25) is 0 Å². The molecule has 1 amide bonds. The highest BCUT2D eigenvalue weighted by atomic mass is 16.5. The Morgan fingerprint density at radius 2 is 1.97 bits per heavy atom. The van der Waals surface area contributed by atoms with Gasteiger partial charge in [-0.15, -0.1) is 0 Å². The molecule has 1 aliphatic carbocycles. The third-order valence-electron chi connectivity index (χ3n) is 6.14. The number of aromatic nitrogens is 2. The molecule has 1 unspecified atom stereocenters. The number of nitrogens with zero attached hydrogens (tertiary/aromatic N) is 3. The van der Waals surface area contributed by atoms with E-state index in [1.54, 1.807) is 19.2 Å². The second-order valence-electron chi connectivity index (χ2n) is 8.23. The monoisotopic (exact) mass is 428 g/mol. The number of ether oxygens (including phenoxy) is 2. The summed E-state index contributed by atoms with van der Waals surface area (Å²) in [5.74, 6) is -0.218. The van der Waals surface area contributed by atoms with Crippen LogP contribution < -0.4 is 10.1 Å². The molecule has 1 aromatic heterocycles. The normalized spacial score (nSPS) is 19.1. The maximum Gasteiger partial charge on any atom is 0.316 e. The zero-order valence-corrected chi connectivity index (χ0v) is 18.1. The number of aliphatic imine (C=N–C) groups is 1. The lowest BCUT2D eigenvalue weighted by molar-refractivity contribution is 0.0967. The second-order valence-corrected chi connectivity index (χ2v) is 8.23. The molecule has 1 atom stereocenters. The lowest BCUT2D eigenvalue weighted by atomic mass is 9.76. The predicted molar refractivity (Wildman–Crippen MR) is 121 cm³/mol. The summed E-state index contributed by atoms with van der Waals surface area (Å²) in [5, 5.41) is 2.81. The molecule has 2 aliphatic rings. The molecule has 162 valence electrons. The fraction of sp³-hybridized carbons (Fsp3) is 0.280. The number of aryl methyl sites for hydroxylation is 2. The van der Waals surface area contributed by atoms with Crippen LogP contribution in [0, 0.1) is 6.92 Å². The van der Waals surface area contributed by atoms with Gasteiger partial charge in [0.05, 0.1) is 12.8 Å². The molecule has 2 heterocycles. The Labute approximate surface area is 186 Å². The molecule has 7 nitrogen and oxygen atoms in total. The standard InChI is InChI=1S/C25H24N4O3/c1-16-21(14-26-23(27-16)31-2)19-10-6-9-17-11-12-25(13-20(17)19)15-32-24(29-25)28-22(30)18-7-4-3-5-8-18/h3-10,14H,11-13,15H2,1-2H3,(H,28,29,30). The lowest BCUT2D eigenvalue weighted by Gasteiger charge is -2.32. The molecule has 32 heavy (non-hydrogen) atoms. The van der Waals surface area contributed by atoms with Gasteiger partial charge in [-0.1, -0.05) is 36.4 Å². The van der Waals surface area contributed by atoms with E-state index in [9.17, 15) is 4.79 Å². The van der Waals surface area contributed by atoms with Gasteiger partial charge in [0.25, 0.3) is 11.9 Å². The molecule has 0 fully saturated rings. The van der Waals surface area contributed by atoms with Crippen LogP contribution in [0.3, 0.4) is 0 Å². The van der Waals surface area contributed by atoms with Crippen molar-refractivity contribution in [3.63, 3.8) is 0 Å². The zero-order valence-electron chi connectivity index (χ0n) is 18.1. The molecule has 5 rings (SSSR count). The highest BCUT2D eigenvalue weighted by Crippen LogP contribution is 2.39. The number of hydrogen-bond donors (Lipinski definition) is 1. The molecule has 3 aromatic rings. The van der Waals surface area contributed by atoms with Gasteiger partial charge in [-0.3, -0.25) is 10.1 Å². The lowest BCUT2D eigenvalue weighted by Crippen LogP contribution is -2.36. The number of benzene rings is 2. The molecule has 7 heteroatoms. The summed E-state index contributed by atoms with van der Waals surface area (Å²) in [6, 6.07) is 16.1. The number of rotatable bonds is 3. The van der Waals surface area contributed by atoms with Gasteiger partial charge in [0.15, 0.2) is 0 Å². The van der Waals surface area contributed by atoms with E-state index in [1.165, 1.54) is 11.1 Å². The van der Waals surface area contributed by atoms with Crippen molar-refractivity contribution in [1.29, 1.82) is 0 Å². The van der Waals surface area contributed by atoms with Crippen LogP contribution in [-0.4, -0.2) is 41.2 Å². The van der Waals surface area contributed by atoms with Crippen LogP contribution in [0.4, 0.5) is 0 Å². The van der Waals surface area contributed by atoms with Crippen molar-refractivity contribution in [3.05, 3.63) is 77.1 Å². The number of carbonyl (C=O) groups excluding carboxylic acids is 1. The molecule has 0 radical (unpaired) electrons. The fourth-order valence-electron chi connectivity index (χ4n) is 4.45. The summed E-state index contributed by atoms with van der Waals surface area (Å²) >= 11 is 0. The smallest absolute Gasteiger partial charge is 0.316 e. The van der Waals surface area contributed by atoms with E-state index in [0.29, 0.717) is 24.2 Å². The van der Waals surface area contributed by atoms with Crippen LogP contribution in [0.25, 0.3) is 11.1 Å². The number of carbonyl (C=O) groups is 1. The van der Waals surface area contributed by atoms with Crippen LogP contribution in [-0.2, 0) is 17.6 Å². The van der Waals surface area contributed by atoms with E-state index < -0.39 is 0 Å². The molecule has 0 bridgehead atoms. The summed E-state index contributed by atoms with van der Waals surface area (Å²) in [4.78, 5) is 26.1. The minimum atomic E-state index is -0.385. The number of hydrogen-bond acceptors (Lipinski definition) is 6. The van der Waals surface area contributed by atoms with Crippen LogP contribution >= 0.6 is 0 Å². The van der Waals surface area contributed by atoms with Crippen molar-refractivity contribution in [3.8, 4) is 17.1 Å². The van der Waals surface area contributed by atoms with E-state index in [2.05, 4.69) is 33.5 Å². The van der Waals surface area contributed by atoms with Gasteiger partial charge in [0, 0.05) is 23.7 Å². The van der Waals surface area contributed by atoms with Gasteiger partial charge >= 0.3 is 6.01 Å². The summed E-state index contributed by atoms with van der Waals surface area (Å²) in [5.41, 5.74) is 5.69. The first kappa shape index (κ1) is 20.2. The van der Waals surface area contributed by atoms with E-state index in [4.69, 9.17) is 14.5 Å². The Morgan fingerprint density at radius 1 is 1.12 bits per heavy atom. The first-order chi connectivity index (χ1) is 15.6.